The Kier molecular flexibility index (Phi) is 3.86. The van der Waals surface area contributed by atoms with Crippen molar-refractivity contribution < 1.29 is 9.59 Å². The van der Waals surface area contributed by atoms with Crippen LogP contribution >= 0.6 is 11.3 Å². The molecule has 1 atom stereocenters. The fourth-order valence-corrected chi connectivity index (χ4v) is 2.49. The molecule has 1 aliphatic heterocycles. The van der Waals surface area contributed by atoms with Crippen molar-refractivity contribution in [1.82, 2.24) is 10.3 Å². The summed E-state index contributed by atoms with van der Waals surface area (Å²) in [6.45, 7) is 3.19. The fraction of sp³-hybridized carbons (Fsp3) is 0.545. The molecule has 6 heteroatoms. The van der Waals surface area contributed by atoms with Gasteiger partial charge in [0.25, 0.3) is 0 Å². The van der Waals surface area contributed by atoms with Gasteiger partial charge < -0.3 is 10.6 Å². The molecule has 0 aliphatic carbocycles. The van der Waals surface area contributed by atoms with E-state index >= 15 is 0 Å². The molecular weight excluding hydrogens is 238 g/mol. The summed E-state index contributed by atoms with van der Waals surface area (Å²) in [7, 11) is 0. The van der Waals surface area contributed by atoms with Gasteiger partial charge in [-0.05, 0) is 19.4 Å². The van der Waals surface area contributed by atoms with Crippen molar-refractivity contribution in [1.29, 1.82) is 0 Å². The van der Waals surface area contributed by atoms with Crippen molar-refractivity contribution in [3.8, 4) is 0 Å². The minimum absolute atomic E-state index is 0.00780. The molecule has 1 aliphatic rings. The van der Waals surface area contributed by atoms with E-state index in [9.17, 15) is 9.59 Å². The second kappa shape index (κ2) is 5.37. The third kappa shape index (κ3) is 3.10. The Morgan fingerprint density at radius 1 is 1.59 bits per heavy atom. The first-order chi connectivity index (χ1) is 8.16. The SMILES string of the molecule is CC(=O)c1cnc(NC(=O)C2CCCNC2)s1. The van der Waals surface area contributed by atoms with Gasteiger partial charge in [-0.3, -0.25) is 9.59 Å². The standard InChI is InChI=1S/C11H15N3O2S/c1-7(15)9-6-13-11(17-9)14-10(16)8-3-2-4-12-5-8/h6,8,12H,2-5H2,1H3,(H,13,14,16). The molecule has 5 nitrogen and oxygen atoms in total. The monoisotopic (exact) mass is 253 g/mol. The Bertz CT molecular complexity index is 424. The summed E-state index contributed by atoms with van der Waals surface area (Å²) >= 11 is 1.22. The van der Waals surface area contributed by atoms with Gasteiger partial charge in [-0.1, -0.05) is 11.3 Å². The zero-order valence-electron chi connectivity index (χ0n) is 9.66. The molecule has 0 radical (unpaired) electrons. The highest BCUT2D eigenvalue weighted by molar-refractivity contribution is 7.17. The Morgan fingerprint density at radius 3 is 3.00 bits per heavy atom. The van der Waals surface area contributed by atoms with Crippen LogP contribution in [0.4, 0.5) is 5.13 Å². The summed E-state index contributed by atoms with van der Waals surface area (Å²) in [5.41, 5.74) is 0. The van der Waals surface area contributed by atoms with Crippen molar-refractivity contribution in [2.45, 2.75) is 19.8 Å². The maximum absolute atomic E-state index is 11.9. The number of carbonyl (C=O) groups excluding carboxylic acids is 2. The number of hydrogen-bond acceptors (Lipinski definition) is 5. The molecule has 17 heavy (non-hydrogen) atoms. The van der Waals surface area contributed by atoms with E-state index in [0.29, 0.717) is 10.0 Å². The Labute approximate surface area is 104 Å². The van der Waals surface area contributed by atoms with Crippen molar-refractivity contribution >= 4 is 28.2 Å². The molecule has 1 fully saturated rings. The summed E-state index contributed by atoms with van der Waals surface area (Å²) in [5.74, 6) is -0.0302. The maximum Gasteiger partial charge on any atom is 0.230 e. The number of hydrogen-bond donors (Lipinski definition) is 2. The van der Waals surface area contributed by atoms with Gasteiger partial charge in [0.1, 0.15) is 0 Å². The van der Waals surface area contributed by atoms with Crippen LogP contribution in [0.15, 0.2) is 6.20 Å². The molecular formula is C11H15N3O2S. The molecule has 0 saturated carbocycles. The molecule has 92 valence electrons. The van der Waals surface area contributed by atoms with Gasteiger partial charge in [0.15, 0.2) is 10.9 Å². The normalized spacial score (nSPS) is 19.9. The molecule has 0 bridgehead atoms. The number of amides is 1. The van der Waals surface area contributed by atoms with Gasteiger partial charge >= 0.3 is 0 Å². The van der Waals surface area contributed by atoms with Crippen LogP contribution in [0.1, 0.15) is 29.4 Å². The number of nitrogens with zero attached hydrogens (tertiary/aromatic N) is 1. The predicted octanol–water partition coefficient (Wildman–Crippen LogP) is 1.28. The van der Waals surface area contributed by atoms with E-state index < -0.39 is 0 Å². The number of ketones is 1. The highest BCUT2D eigenvalue weighted by Crippen LogP contribution is 2.20. The van der Waals surface area contributed by atoms with E-state index in [4.69, 9.17) is 0 Å². The van der Waals surface area contributed by atoms with Crippen LogP contribution in [0.5, 0.6) is 0 Å². The van der Waals surface area contributed by atoms with Crippen LogP contribution < -0.4 is 10.6 Å². The van der Waals surface area contributed by atoms with Crippen LogP contribution in [0.25, 0.3) is 0 Å². The van der Waals surface area contributed by atoms with E-state index in [1.165, 1.54) is 24.5 Å². The summed E-state index contributed by atoms with van der Waals surface area (Å²) in [6.07, 6.45) is 3.43. The molecule has 1 unspecified atom stereocenters. The van der Waals surface area contributed by atoms with Crippen LogP contribution in [0.3, 0.4) is 0 Å². The first kappa shape index (κ1) is 12.2. The zero-order valence-corrected chi connectivity index (χ0v) is 10.5. The second-order valence-electron chi connectivity index (χ2n) is 4.12. The van der Waals surface area contributed by atoms with E-state index in [0.717, 1.165) is 25.9 Å². The topological polar surface area (TPSA) is 71.1 Å². The molecule has 0 aromatic carbocycles. The first-order valence-electron chi connectivity index (χ1n) is 5.65. The van der Waals surface area contributed by atoms with Gasteiger partial charge in [-0.2, -0.15) is 0 Å². The average Bonchev–Trinajstić information content (AvgIpc) is 2.79. The lowest BCUT2D eigenvalue weighted by molar-refractivity contribution is -0.120. The van der Waals surface area contributed by atoms with Crippen LogP contribution in [-0.4, -0.2) is 29.8 Å². The summed E-state index contributed by atoms with van der Waals surface area (Å²) < 4.78 is 0. The van der Waals surface area contributed by atoms with Crippen molar-refractivity contribution in [3.05, 3.63) is 11.1 Å². The lowest BCUT2D eigenvalue weighted by atomic mass is 9.99. The predicted molar refractivity (Wildman–Crippen MR) is 66.3 cm³/mol. The van der Waals surface area contributed by atoms with E-state index in [2.05, 4.69) is 15.6 Å². The highest BCUT2D eigenvalue weighted by atomic mass is 32.1. The van der Waals surface area contributed by atoms with Crippen molar-refractivity contribution in [2.75, 3.05) is 18.4 Å². The number of Topliss-reactive ketones (excluding diaryl/α,β-unsaturated/α-hetero) is 1. The molecule has 2 rings (SSSR count). The molecule has 2 heterocycles. The molecule has 0 spiro atoms. The number of piperidine rings is 1. The lowest BCUT2D eigenvalue weighted by Gasteiger charge is -2.21. The quantitative estimate of drug-likeness (QED) is 0.796. The molecule has 1 aromatic rings. The Morgan fingerprint density at radius 2 is 2.41 bits per heavy atom. The number of rotatable bonds is 3. The zero-order chi connectivity index (χ0) is 12.3. The number of thiazole rings is 1. The summed E-state index contributed by atoms with van der Waals surface area (Å²) in [5, 5.41) is 6.46. The largest absolute Gasteiger partial charge is 0.316 e. The molecule has 1 amide bonds. The maximum atomic E-state index is 11.9. The number of carbonyl (C=O) groups is 2. The molecule has 1 saturated heterocycles. The smallest absolute Gasteiger partial charge is 0.230 e. The van der Waals surface area contributed by atoms with Gasteiger partial charge in [-0.15, -0.1) is 0 Å². The first-order valence-corrected chi connectivity index (χ1v) is 6.47. The number of aromatic nitrogens is 1. The van der Waals surface area contributed by atoms with Gasteiger partial charge in [0.2, 0.25) is 5.91 Å². The van der Waals surface area contributed by atoms with E-state index in [1.54, 1.807) is 0 Å². The third-order valence-corrected chi connectivity index (χ3v) is 3.76. The van der Waals surface area contributed by atoms with Gasteiger partial charge in [0.05, 0.1) is 17.0 Å². The third-order valence-electron chi connectivity index (χ3n) is 2.75. The Hall–Kier alpha value is -1.27. The molecule has 1 aromatic heterocycles. The minimum atomic E-state index is -0.0256. The van der Waals surface area contributed by atoms with Gasteiger partial charge in [0, 0.05) is 13.5 Å². The minimum Gasteiger partial charge on any atom is -0.316 e. The average molecular weight is 253 g/mol. The summed E-state index contributed by atoms with van der Waals surface area (Å²) in [6, 6.07) is 0. The fourth-order valence-electron chi connectivity index (χ4n) is 1.78. The van der Waals surface area contributed by atoms with Crippen LogP contribution in [-0.2, 0) is 4.79 Å². The van der Waals surface area contributed by atoms with Gasteiger partial charge in [-0.25, -0.2) is 4.98 Å². The molecule has 2 N–H and O–H groups in total. The Balaban J connectivity index is 1.94. The highest BCUT2D eigenvalue weighted by Gasteiger charge is 2.21. The van der Waals surface area contributed by atoms with Crippen molar-refractivity contribution in [2.24, 2.45) is 5.92 Å². The van der Waals surface area contributed by atoms with E-state index in [-0.39, 0.29) is 17.6 Å². The van der Waals surface area contributed by atoms with Crippen molar-refractivity contribution in [3.63, 3.8) is 0 Å². The van der Waals surface area contributed by atoms with E-state index in [1.807, 2.05) is 0 Å². The number of nitrogens with one attached hydrogen (secondary N) is 2. The van der Waals surface area contributed by atoms with Crippen LogP contribution in [0.2, 0.25) is 0 Å². The van der Waals surface area contributed by atoms with Crippen LogP contribution in [0, 0.1) is 5.92 Å². The summed E-state index contributed by atoms with van der Waals surface area (Å²) in [4.78, 5) is 27.6. The second-order valence-corrected chi connectivity index (χ2v) is 5.15. The lowest BCUT2D eigenvalue weighted by Crippen LogP contribution is -2.37. The number of anilines is 1.